The van der Waals surface area contributed by atoms with Crippen LogP contribution in [0.5, 0.6) is 0 Å². The SMILES string of the molecule is CC(=O)c1ccc2c(c1)CCN(C)C2. The zero-order chi connectivity index (χ0) is 10.1. The minimum Gasteiger partial charge on any atom is -0.302 e. The van der Waals surface area contributed by atoms with E-state index in [0.717, 1.165) is 25.1 Å². The summed E-state index contributed by atoms with van der Waals surface area (Å²) in [6, 6.07) is 6.06. The maximum Gasteiger partial charge on any atom is 0.159 e. The molecule has 0 amide bonds. The topological polar surface area (TPSA) is 20.3 Å². The van der Waals surface area contributed by atoms with Crippen LogP contribution in [0.15, 0.2) is 18.2 Å². The van der Waals surface area contributed by atoms with Crippen molar-refractivity contribution in [1.82, 2.24) is 4.90 Å². The number of ketones is 1. The minimum atomic E-state index is 0.159. The van der Waals surface area contributed by atoms with Gasteiger partial charge >= 0.3 is 0 Å². The molecule has 1 aromatic rings. The Kier molecular flexibility index (Phi) is 2.38. The average Bonchev–Trinajstić information content (AvgIpc) is 2.16. The zero-order valence-corrected chi connectivity index (χ0v) is 8.71. The van der Waals surface area contributed by atoms with E-state index in [-0.39, 0.29) is 5.78 Å². The molecule has 1 aliphatic heterocycles. The highest BCUT2D eigenvalue weighted by atomic mass is 16.1. The van der Waals surface area contributed by atoms with Gasteiger partial charge in [-0.05, 0) is 37.6 Å². The molecule has 2 nitrogen and oxygen atoms in total. The van der Waals surface area contributed by atoms with Gasteiger partial charge in [0.1, 0.15) is 0 Å². The van der Waals surface area contributed by atoms with Gasteiger partial charge in [0.2, 0.25) is 0 Å². The standard InChI is InChI=1S/C12H15NO/c1-9(14)10-3-4-12-8-13(2)6-5-11(12)7-10/h3-4,7H,5-6,8H2,1-2H3. The molecule has 0 saturated carbocycles. The highest BCUT2D eigenvalue weighted by Crippen LogP contribution is 2.19. The monoisotopic (exact) mass is 189 g/mol. The summed E-state index contributed by atoms with van der Waals surface area (Å²) in [6.07, 6.45) is 1.06. The second-order valence-corrected chi connectivity index (χ2v) is 4.03. The van der Waals surface area contributed by atoms with Gasteiger partial charge in [0, 0.05) is 18.7 Å². The van der Waals surface area contributed by atoms with Crippen molar-refractivity contribution < 1.29 is 4.79 Å². The number of Topliss-reactive ketones (excluding diaryl/α,β-unsaturated/α-hetero) is 1. The number of benzene rings is 1. The molecule has 0 aromatic heterocycles. The van der Waals surface area contributed by atoms with Crippen molar-refractivity contribution in [2.24, 2.45) is 0 Å². The molecular weight excluding hydrogens is 174 g/mol. The first kappa shape index (κ1) is 9.41. The smallest absolute Gasteiger partial charge is 0.159 e. The molecule has 0 aliphatic carbocycles. The Morgan fingerprint density at radius 3 is 2.86 bits per heavy atom. The molecule has 1 aliphatic rings. The van der Waals surface area contributed by atoms with Crippen molar-refractivity contribution in [1.29, 1.82) is 0 Å². The van der Waals surface area contributed by atoms with E-state index in [9.17, 15) is 4.79 Å². The maximum atomic E-state index is 11.2. The number of fused-ring (bicyclic) bond motifs is 1. The van der Waals surface area contributed by atoms with Crippen molar-refractivity contribution in [2.45, 2.75) is 19.9 Å². The molecule has 2 heteroatoms. The van der Waals surface area contributed by atoms with E-state index in [1.165, 1.54) is 11.1 Å². The van der Waals surface area contributed by atoms with Gasteiger partial charge in [0.25, 0.3) is 0 Å². The second-order valence-electron chi connectivity index (χ2n) is 4.03. The van der Waals surface area contributed by atoms with Crippen LogP contribution in [0.2, 0.25) is 0 Å². The van der Waals surface area contributed by atoms with Gasteiger partial charge in [0.15, 0.2) is 5.78 Å². The average molecular weight is 189 g/mol. The predicted molar refractivity (Wildman–Crippen MR) is 56.5 cm³/mol. The van der Waals surface area contributed by atoms with E-state index >= 15 is 0 Å². The predicted octanol–water partition coefficient (Wildman–Crippen LogP) is 1.88. The number of hydrogen-bond donors (Lipinski definition) is 0. The number of carbonyl (C=O) groups excluding carboxylic acids is 1. The summed E-state index contributed by atoms with van der Waals surface area (Å²) in [7, 11) is 2.13. The van der Waals surface area contributed by atoms with E-state index in [0.29, 0.717) is 0 Å². The van der Waals surface area contributed by atoms with Gasteiger partial charge in [-0.25, -0.2) is 0 Å². The molecule has 0 spiro atoms. The van der Waals surface area contributed by atoms with Crippen molar-refractivity contribution in [3.05, 3.63) is 34.9 Å². The van der Waals surface area contributed by atoms with Crippen LogP contribution in [-0.4, -0.2) is 24.3 Å². The third-order valence-electron chi connectivity index (χ3n) is 2.82. The first-order valence-electron chi connectivity index (χ1n) is 4.98. The molecular formula is C12H15NO. The first-order valence-corrected chi connectivity index (χ1v) is 4.98. The van der Waals surface area contributed by atoms with Crippen LogP contribution in [0.25, 0.3) is 0 Å². The molecule has 0 atom stereocenters. The maximum absolute atomic E-state index is 11.2. The molecule has 0 N–H and O–H groups in total. The number of nitrogens with zero attached hydrogens (tertiary/aromatic N) is 1. The Labute approximate surface area is 84.5 Å². The summed E-state index contributed by atoms with van der Waals surface area (Å²) >= 11 is 0. The normalized spacial score (nSPS) is 16.4. The lowest BCUT2D eigenvalue weighted by atomic mass is 9.96. The van der Waals surface area contributed by atoms with Crippen LogP contribution in [0.3, 0.4) is 0 Å². The van der Waals surface area contributed by atoms with Gasteiger partial charge in [-0.15, -0.1) is 0 Å². The Morgan fingerprint density at radius 2 is 2.14 bits per heavy atom. The molecule has 0 fully saturated rings. The van der Waals surface area contributed by atoms with Crippen LogP contribution >= 0.6 is 0 Å². The van der Waals surface area contributed by atoms with Gasteiger partial charge < -0.3 is 4.90 Å². The van der Waals surface area contributed by atoms with E-state index in [1.54, 1.807) is 6.92 Å². The summed E-state index contributed by atoms with van der Waals surface area (Å²) in [5.41, 5.74) is 3.55. The lowest BCUT2D eigenvalue weighted by Crippen LogP contribution is -2.26. The molecule has 1 aromatic carbocycles. The summed E-state index contributed by atoms with van der Waals surface area (Å²) in [6.45, 7) is 3.72. The van der Waals surface area contributed by atoms with E-state index in [2.05, 4.69) is 18.0 Å². The third-order valence-corrected chi connectivity index (χ3v) is 2.82. The van der Waals surface area contributed by atoms with E-state index in [1.807, 2.05) is 12.1 Å². The lowest BCUT2D eigenvalue weighted by molar-refractivity contribution is 0.101. The van der Waals surface area contributed by atoms with Gasteiger partial charge in [-0.1, -0.05) is 12.1 Å². The highest BCUT2D eigenvalue weighted by molar-refractivity contribution is 5.94. The quantitative estimate of drug-likeness (QED) is 0.629. The molecule has 2 rings (SSSR count). The van der Waals surface area contributed by atoms with Crippen molar-refractivity contribution in [3.8, 4) is 0 Å². The van der Waals surface area contributed by atoms with Crippen LogP contribution in [0.4, 0.5) is 0 Å². The van der Waals surface area contributed by atoms with Crippen molar-refractivity contribution in [3.63, 3.8) is 0 Å². The molecule has 0 saturated heterocycles. The van der Waals surface area contributed by atoms with Crippen molar-refractivity contribution >= 4 is 5.78 Å². The largest absolute Gasteiger partial charge is 0.302 e. The van der Waals surface area contributed by atoms with Crippen molar-refractivity contribution in [2.75, 3.05) is 13.6 Å². The summed E-state index contributed by atoms with van der Waals surface area (Å²) < 4.78 is 0. The first-order chi connectivity index (χ1) is 6.66. The van der Waals surface area contributed by atoms with E-state index < -0.39 is 0 Å². The number of hydrogen-bond acceptors (Lipinski definition) is 2. The number of likely N-dealkylation sites (N-methyl/N-ethyl adjacent to an activating group) is 1. The molecule has 14 heavy (non-hydrogen) atoms. The Bertz CT molecular complexity index is 371. The van der Waals surface area contributed by atoms with E-state index in [4.69, 9.17) is 0 Å². The molecule has 0 radical (unpaired) electrons. The summed E-state index contributed by atoms with van der Waals surface area (Å²) in [5.74, 6) is 0.159. The van der Waals surface area contributed by atoms with Crippen LogP contribution in [0.1, 0.15) is 28.4 Å². The summed E-state index contributed by atoms with van der Waals surface area (Å²) in [5, 5.41) is 0. The van der Waals surface area contributed by atoms with Crippen LogP contribution < -0.4 is 0 Å². The zero-order valence-electron chi connectivity index (χ0n) is 8.71. The van der Waals surface area contributed by atoms with Gasteiger partial charge in [-0.2, -0.15) is 0 Å². The van der Waals surface area contributed by atoms with Crippen LogP contribution in [0, 0.1) is 0 Å². The molecule has 1 heterocycles. The minimum absolute atomic E-state index is 0.159. The molecule has 74 valence electrons. The Hall–Kier alpha value is -1.15. The number of rotatable bonds is 1. The fourth-order valence-electron chi connectivity index (χ4n) is 1.91. The fraction of sp³-hybridized carbons (Fsp3) is 0.417. The lowest BCUT2D eigenvalue weighted by Gasteiger charge is -2.25. The molecule has 0 bridgehead atoms. The van der Waals surface area contributed by atoms with Crippen LogP contribution in [-0.2, 0) is 13.0 Å². The second kappa shape index (κ2) is 3.54. The summed E-state index contributed by atoms with van der Waals surface area (Å²) in [4.78, 5) is 13.5. The number of carbonyl (C=O) groups is 1. The third kappa shape index (κ3) is 1.70. The fourth-order valence-corrected chi connectivity index (χ4v) is 1.91. The Morgan fingerprint density at radius 1 is 1.36 bits per heavy atom. The Balaban J connectivity index is 2.36. The van der Waals surface area contributed by atoms with Gasteiger partial charge in [0.05, 0.1) is 0 Å². The molecule has 0 unspecified atom stereocenters. The van der Waals surface area contributed by atoms with Gasteiger partial charge in [-0.3, -0.25) is 4.79 Å². The highest BCUT2D eigenvalue weighted by Gasteiger charge is 2.13.